The molecule has 240 valence electrons. The normalized spacial score (nSPS) is 11.8. The number of pyridine rings is 1. The number of nitrogens with one attached hydrogen (secondary N) is 2. The van der Waals surface area contributed by atoms with Gasteiger partial charge in [-0.1, -0.05) is 30.3 Å². The van der Waals surface area contributed by atoms with E-state index in [1.54, 1.807) is 20.4 Å². The molecule has 0 radical (unpaired) electrons. The van der Waals surface area contributed by atoms with Gasteiger partial charge < -0.3 is 24.4 Å². The molecule has 1 unspecified atom stereocenters. The van der Waals surface area contributed by atoms with E-state index in [4.69, 9.17) is 30.8 Å². The fraction of sp³-hybridized carbons (Fsp3) is 0.242. The number of anilines is 1. The fourth-order valence-corrected chi connectivity index (χ4v) is 5.56. The number of benzene rings is 3. The van der Waals surface area contributed by atoms with Crippen LogP contribution >= 0.6 is 27.5 Å². The summed E-state index contributed by atoms with van der Waals surface area (Å²) in [6, 6.07) is 19.4. The van der Waals surface area contributed by atoms with E-state index in [0.29, 0.717) is 13.1 Å². The van der Waals surface area contributed by atoms with Crippen LogP contribution in [-0.2, 0) is 13.1 Å². The van der Waals surface area contributed by atoms with Gasteiger partial charge in [-0.2, -0.15) is 0 Å². The van der Waals surface area contributed by atoms with Crippen LogP contribution < -0.4 is 30.0 Å². The lowest BCUT2D eigenvalue weighted by Gasteiger charge is -2.28. The molecule has 46 heavy (non-hydrogen) atoms. The van der Waals surface area contributed by atoms with E-state index in [9.17, 15) is 9.18 Å². The van der Waals surface area contributed by atoms with Crippen molar-refractivity contribution in [1.82, 2.24) is 20.3 Å². The molecule has 2 aromatic heterocycles. The molecule has 2 heterocycles. The molecular weight excluding hydrogens is 684 g/mol. The van der Waals surface area contributed by atoms with Crippen LogP contribution in [0.1, 0.15) is 29.7 Å². The van der Waals surface area contributed by atoms with Crippen LogP contribution in [0.15, 0.2) is 76.1 Å². The van der Waals surface area contributed by atoms with Crippen molar-refractivity contribution in [2.45, 2.75) is 26.1 Å². The molecule has 2 N–H and O–H groups in total. The Morgan fingerprint density at radius 1 is 0.978 bits per heavy atom. The minimum absolute atomic E-state index is 0.0342. The first-order valence-electron chi connectivity index (χ1n) is 14.3. The van der Waals surface area contributed by atoms with Gasteiger partial charge in [0.2, 0.25) is 5.28 Å². The average Bonchev–Trinajstić information content (AvgIpc) is 3.07. The number of halogens is 4. The molecule has 13 heteroatoms. The highest BCUT2D eigenvalue weighted by Crippen LogP contribution is 2.35. The largest absolute Gasteiger partial charge is 0.497 e. The minimum atomic E-state index is -1.05. The molecule has 0 aliphatic rings. The lowest BCUT2D eigenvalue weighted by atomic mass is 10.1. The molecular formula is C33H31BrClF2N5O4. The quantitative estimate of drug-likeness (QED) is 0.0767. The van der Waals surface area contributed by atoms with Gasteiger partial charge in [-0.3, -0.25) is 9.78 Å². The van der Waals surface area contributed by atoms with Gasteiger partial charge in [-0.15, -0.1) is 0 Å². The third-order valence-corrected chi connectivity index (χ3v) is 8.23. The number of H-pyrrole nitrogens is 1. The van der Waals surface area contributed by atoms with Crippen LogP contribution in [0.2, 0.25) is 5.28 Å². The summed E-state index contributed by atoms with van der Waals surface area (Å²) < 4.78 is 45.6. The third-order valence-electron chi connectivity index (χ3n) is 7.36. The number of hydrogen-bond acceptors (Lipinski definition) is 8. The van der Waals surface area contributed by atoms with Crippen molar-refractivity contribution in [2.24, 2.45) is 0 Å². The topological polar surface area (TPSA) is 102 Å². The van der Waals surface area contributed by atoms with E-state index >= 15 is 4.39 Å². The monoisotopic (exact) mass is 713 g/mol. The number of fused-ring (bicyclic) bond motifs is 1. The molecule has 0 amide bonds. The Balaban J connectivity index is 1.35. The van der Waals surface area contributed by atoms with Crippen LogP contribution in [0.4, 0.5) is 14.6 Å². The van der Waals surface area contributed by atoms with Gasteiger partial charge in [-0.25, -0.2) is 18.7 Å². The Morgan fingerprint density at radius 2 is 1.59 bits per heavy atom. The Bertz CT molecular complexity index is 1830. The molecule has 0 spiro atoms. The number of nitrogens with zero attached hydrogens (tertiary/aromatic N) is 3. The number of rotatable bonds is 13. The van der Waals surface area contributed by atoms with Gasteiger partial charge in [0, 0.05) is 37.4 Å². The summed E-state index contributed by atoms with van der Waals surface area (Å²) in [5.41, 5.74) is 1.87. The maximum absolute atomic E-state index is 15.0. The Labute approximate surface area is 277 Å². The lowest BCUT2D eigenvalue weighted by molar-refractivity contribution is 0.295. The van der Waals surface area contributed by atoms with Crippen molar-refractivity contribution >= 4 is 44.3 Å². The van der Waals surface area contributed by atoms with Gasteiger partial charge in [0.25, 0.3) is 5.56 Å². The van der Waals surface area contributed by atoms with Crippen LogP contribution in [0.25, 0.3) is 10.9 Å². The molecule has 0 saturated carbocycles. The highest BCUT2D eigenvalue weighted by molar-refractivity contribution is 9.10. The predicted molar refractivity (Wildman–Crippen MR) is 177 cm³/mol. The molecule has 0 bridgehead atoms. The Kier molecular flexibility index (Phi) is 10.7. The van der Waals surface area contributed by atoms with Gasteiger partial charge >= 0.3 is 0 Å². The molecule has 5 rings (SSSR count). The highest BCUT2D eigenvalue weighted by atomic mass is 79.9. The van der Waals surface area contributed by atoms with E-state index in [-0.39, 0.29) is 29.9 Å². The van der Waals surface area contributed by atoms with E-state index in [0.717, 1.165) is 34.0 Å². The maximum atomic E-state index is 15.0. The number of aromatic amines is 1. The summed E-state index contributed by atoms with van der Waals surface area (Å²) >= 11 is 8.68. The SMILES string of the molecule is COc1ccc(CN(Cc2ccc(OC)cc2)c2ncccc2C(C)NCCOc2c(F)c(Br)c(F)c3nc(Cl)[nH]c(=O)c23)cc1. The fourth-order valence-electron chi connectivity index (χ4n) is 5.02. The Hall–Kier alpha value is -4.26. The first kappa shape index (κ1) is 33.1. The van der Waals surface area contributed by atoms with Crippen LogP contribution in [-0.4, -0.2) is 42.3 Å². The van der Waals surface area contributed by atoms with Crippen molar-refractivity contribution in [3.05, 3.63) is 115 Å². The number of methoxy groups -OCH3 is 2. The van der Waals surface area contributed by atoms with E-state index in [2.05, 4.69) is 36.1 Å². The number of aromatic nitrogens is 3. The summed E-state index contributed by atoms with van der Waals surface area (Å²) in [5.74, 6) is -0.184. The summed E-state index contributed by atoms with van der Waals surface area (Å²) in [6.45, 7) is 3.37. The summed E-state index contributed by atoms with van der Waals surface area (Å²) in [4.78, 5) is 25.6. The molecule has 3 aromatic carbocycles. The number of hydrogen-bond donors (Lipinski definition) is 2. The average molecular weight is 715 g/mol. The van der Waals surface area contributed by atoms with E-state index in [1.165, 1.54) is 0 Å². The van der Waals surface area contributed by atoms with Gasteiger partial charge in [0.15, 0.2) is 17.4 Å². The summed E-state index contributed by atoms with van der Waals surface area (Å²) in [7, 11) is 3.27. The smallest absolute Gasteiger partial charge is 0.263 e. The summed E-state index contributed by atoms with van der Waals surface area (Å²) in [6.07, 6.45) is 1.75. The second-order valence-corrected chi connectivity index (χ2v) is 11.5. The second kappa shape index (κ2) is 14.9. The van der Waals surface area contributed by atoms with Gasteiger partial charge in [0.05, 0.1) is 18.7 Å². The van der Waals surface area contributed by atoms with E-state index < -0.39 is 32.9 Å². The van der Waals surface area contributed by atoms with E-state index in [1.807, 2.05) is 67.6 Å². The first-order valence-corrected chi connectivity index (χ1v) is 15.4. The second-order valence-electron chi connectivity index (χ2n) is 10.3. The van der Waals surface area contributed by atoms with Crippen molar-refractivity contribution in [3.8, 4) is 17.2 Å². The first-order chi connectivity index (χ1) is 22.2. The van der Waals surface area contributed by atoms with Crippen LogP contribution in [0.5, 0.6) is 17.2 Å². The van der Waals surface area contributed by atoms with Gasteiger partial charge in [0.1, 0.15) is 34.8 Å². The summed E-state index contributed by atoms with van der Waals surface area (Å²) in [5, 5.41) is 2.70. The van der Waals surface area contributed by atoms with Crippen molar-refractivity contribution < 1.29 is 23.0 Å². The lowest BCUT2D eigenvalue weighted by Crippen LogP contribution is -2.29. The molecule has 5 aromatic rings. The van der Waals surface area contributed by atoms with Crippen molar-refractivity contribution in [2.75, 3.05) is 32.3 Å². The molecule has 0 saturated heterocycles. The maximum Gasteiger partial charge on any atom is 0.263 e. The van der Waals surface area contributed by atoms with Crippen LogP contribution in [0, 0.1) is 11.6 Å². The van der Waals surface area contributed by atoms with Crippen molar-refractivity contribution in [1.29, 1.82) is 0 Å². The molecule has 9 nitrogen and oxygen atoms in total. The zero-order valence-electron chi connectivity index (χ0n) is 25.2. The zero-order valence-corrected chi connectivity index (χ0v) is 27.6. The van der Waals surface area contributed by atoms with Crippen molar-refractivity contribution in [3.63, 3.8) is 0 Å². The Morgan fingerprint density at radius 3 is 2.17 bits per heavy atom. The highest BCUT2D eigenvalue weighted by Gasteiger charge is 2.24. The van der Waals surface area contributed by atoms with Crippen LogP contribution in [0.3, 0.4) is 0 Å². The molecule has 1 atom stereocenters. The molecule has 0 aliphatic carbocycles. The standard InChI is InChI=1S/C33H31BrClF2N5O4/c1-19(38-15-16-46-30-25-29(27(36)26(34)28(30)37)40-33(35)41-32(25)43)24-5-4-14-39-31(24)42(17-20-6-10-22(44-2)11-7-20)18-21-8-12-23(45-3)13-9-21/h4-14,19,38H,15-18H2,1-3H3,(H,40,41,43). The van der Waals surface area contributed by atoms with Gasteiger partial charge in [-0.05, 0) is 75.9 Å². The minimum Gasteiger partial charge on any atom is -0.497 e. The zero-order chi connectivity index (χ0) is 32.8. The third kappa shape index (κ3) is 7.41. The predicted octanol–water partition coefficient (Wildman–Crippen LogP) is 6.97. The molecule has 0 fully saturated rings. The molecule has 0 aliphatic heterocycles. The number of ether oxygens (including phenoxy) is 3.